The number of nitrogens with one attached hydrogen (secondary N) is 1. The van der Waals surface area contributed by atoms with E-state index in [9.17, 15) is 17.6 Å². The van der Waals surface area contributed by atoms with Gasteiger partial charge in [-0.25, -0.2) is 22.3 Å². The Hall–Kier alpha value is -1.12. The number of sulfonamides is 1. The Labute approximate surface area is 115 Å². The van der Waals surface area contributed by atoms with Gasteiger partial charge in [-0.2, -0.15) is 11.8 Å². The molecule has 0 aromatic heterocycles. The Balaban J connectivity index is 2.89. The number of halogens is 1. The number of aromatic carboxylic acids is 1. The fraction of sp³-hybridized carbons (Fsp3) is 0.364. The zero-order chi connectivity index (χ0) is 14.5. The zero-order valence-corrected chi connectivity index (χ0v) is 11.9. The van der Waals surface area contributed by atoms with E-state index in [-0.39, 0.29) is 11.4 Å². The number of rotatable bonds is 7. The van der Waals surface area contributed by atoms with Crippen LogP contribution in [0.1, 0.15) is 16.8 Å². The lowest BCUT2D eigenvalue weighted by atomic mass is 10.2. The number of thioether (sulfide) groups is 1. The summed E-state index contributed by atoms with van der Waals surface area (Å²) in [5.41, 5.74) is -0.660. The Morgan fingerprint density at radius 3 is 2.74 bits per heavy atom. The van der Waals surface area contributed by atoms with Crippen LogP contribution in [0.15, 0.2) is 23.1 Å². The van der Waals surface area contributed by atoms with Crippen molar-refractivity contribution in [2.24, 2.45) is 0 Å². The molecule has 1 aromatic carbocycles. The maximum atomic E-state index is 13.2. The molecule has 0 radical (unpaired) electrons. The molecule has 0 saturated carbocycles. The molecule has 2 N–H and O–H groups in total. The quantitative estimate of drug-likeness (QED) is 0.747. The SMILES string of the molecule is CSCCCNS(=O)(=O)c1ccc(F)c(C(=O)O)c1. The third-order valence-corrected chi connectivity index (χ3v) is 4.45. The minimum Gasteiger partial charge on any atom is -0.478 e. The van der Waals surface area contributed by atoms with Gasteiger partial charge in [0.15, 0.2) is 0 Å². The molecule has 0 fully saturated rings. The Morgan fingerprint density at radius 1 is 1.47 bits per heavy atom. The molecule has 5 nitrogen and oxygen atoms in total. The monoisotopic (exact) mass is 307 g/mol. The Morgan fingerprint density at radius 2 is 2.16 bits per heavy atom. The van der Waals surface area contributed by atoms with Crippen molar-refractivity contribution in [1.29, 1.82) is 0 Å². The molecule has 0 unspecified atom stereocenters. The summed E-state index contributed by atoms with van der Waals surface area (Å²) in [5, 5.41) is 8.74. The number of carboxylic acid groups (broad SMARTS) is 1. The third kappa shape index (κ3) is 4.48. The van der Waals surface area contributed by atoms with Gasteiger partial charge in [0, 0.05) is 6.54 Å². The second-order valence-corrected chi connectivity index (χ2v) is 6.44. The van der Waals surface area contributed by atoms with E-state index in [4.69, 9.17) is 5.11 Å². The summed E-state index contributed by atoms with van der Waals surface area (Å²) in [6.07, 6.45) is 2.57. The van der Waals surface area contributed by atoms with Gasteiger partial charge in [0.05, 0.1) is 10.5 Å². The van der Waals surface area contributed by atoms with Crippen molar-refractivity contribution in [3.8, 4) is 0 Å². The standard InChI is InChI=1S/C11H14FNO4S2/c1-18-6-2-5-13-19(16,17)8-3-4-10(12)9(7-8)11(14)15/h3-4,7,13H,2,5-6H2,1H3,(H,14,15). The van der Waals surface area contributed by atoms with Gasteiger partial charge < -0.3 is 5.11 Å². The molecule has 0 aliphatic rings. The molecule has 0 atom stereocenters. The summed E-state index contributed by atoms with van der Waals surface area (Å²) in [4.78, 5) is 10.5. The number of hydrogen-bond acceptors (Lipinski definition) is 4. The highest BCUT2D eigenvalue weighted by molar-refractivity contribution is 7.98. The second kappa shape index (κ2) is 6.88. The molecule has 19 heavy (non-hydrogen) atoms. The zero-order valence-electron chi connectivity index (χ0n) is 10.2. The van der Waals surface area contributed by atoms with Gasteiger partial charge >= 0.3 is 5.97 Å². The first kappa shape index (κ1) is 15.9. The molecule has 0 aliphatic heterocycles. The van der Waals surface area contributed by atoms with E-state index in [2.05, 4.69) is 4.72 Å². The maximum Gasteiger partial charge on any atom is 0.338 e. The van der Waals surface area contributed by atoms with Crippen molar-refractivity contribution in [2.45, 2.75) is 11.3 Å². The molecule has 0 bridgehead atoms. The number of hydrogen-bond donors (Lipinski definition) is 2. The fourth-order valence-corrected chi connectivity index (χ4v) is 2.87. The summed E-state index contributed by atoms with van der Waals surface area (Å²) >= 11 is 1.59. The molecule has 0 spiro atoms. The van der Waals surface area contributed by atoms with Crippen LogP contribution in [-0.2, 0) is 10.0 Å². The number of carbonyl (C=O) groups is 1. The van der Waals surface area contributed by atoms with E-state index in [0.29, 0.717) is 6.42 Å². The molecular weight excluding hydrogens is 293 g/mol. The first-order valence-electron chi connectivity index (χ1n) is 5.40. The number of benzene rings is 1. The van der Waals surface area contributed by atoms with Crippen molar-refractivity contribution in [2.75, 3.05) is 18.6 Å². The van der Waals surface area contributed by atoms with Crippen LogP contribution >= 0.6 is 11.8 Å². The first-order chi connectivity index (χ1) is 8.88. The lowest BCUT2D eigenvalue weighted by Crippen LogP contribution is -2.25. The van der Waals surface area contributed by atoms with E-state index in [1.54, 1.807) is 11.8 Å². The van der Waals surface area contributed by atoms with Crippen molar-refractivity contribution >= 4 is 27.8 Å². The molecule has 1 rings (SSSR count). The van der Waals surface area contributed by atoms with Crippen molar-refractivity contribution < 1.29 is 22.7 Å². The summed E-state index contributed by atoms with van der Waals surface area (Å²) in [6.45, 7) is 0.253. The highest BCUT2D eigenvalue weighted by atomic mass is 32.2. The molecule has 0 amide bonds. The van der Waals surface area contributed by atoms with Crippen LogP contribution in [0.4, 0.5) is 4.39 Å². The van der Waals surface area contributed by atoms with Crippen LogP contribution in [0.2, 0.25) is 0 Å². The Kier molecular flexibility index (Phi) is 5.77. The van der Waals surface area contributed by atoms with E-state index >= 15 is 0 Å². The molecule has 0 aliphatic carbocycles. The van der Waals surface area contributed by atoms with Crippen LogP contribution in [0.25, 0.3) is 0 Å². The van der Waals surface area contributed by atoms with Crippen molar-refractivity contribution in [3.63, 3.8) is 0 Å². The molecular formula is C11H14FNO4S2. The van der Waals surface area contributed by atoms with E-state index in [0.717, 1.165) is 24.0 Å². The topological polar surface area (TPSA) is 83.5 Å². The Bertz CT molecular complexity index is 560. The van der Waals surface area contributed by atoms with Gasteiger partial charge in [-0.05, 0) is 36.6 Å². The normalized spacial score (nSPS) is 11.5. The average Bonchev–Trinajstić information content (AvgIpc) is 2.34. The molecule has 106 valence electrons. The highest BCUT2D eigenvalue weighted by Crippen LogP contribution is 2.15. The summed E-state index contributed by atoms with van der Waals surface area (Å²) < 4.78 is 39.2. The number of carboxylic acids is 1. The van der Waals surface area contributed by atoms with Gasteiger partial charge in [-0.3, -0.25) is 0 Å². The smallest absolute Gasteiger partial charge is 0.338 e. The van der Waals surface area contributed by atoms with Gasteiger partial charge in [0.1, 0.15) is 5.82 Å². The minimum absolute atomic E-state index is 0.253. The van der Waals surface area contributed by atoms with Crippen LogP contribution < -0.4 is 4.72 Å². The summed E-state index contributed by atoms with van der Waals surface area (Å²) in [7, 11) is -3.80. The lowest BCUT2D eigenvalue weighted by molar-refractivity contribution is 0.0691. The largest absolute Gasteiger partial charge is 0.478 e. The van der Waals surface area contributed by atoms with Crippen LogP contribution in [0, 0.1) is 5.82 Å². The van der Waals surface area contributed by atoms with Gasteiger partial charge in [-0.15, -0.1) is 0 Å². The first-order valence-corrected chi connectivity index (χ1v) is 8.27. The van der Waals surface area contributed by atoms with Crippen LogP contribution in [-0.4, -0.2) is 38.0 Å². The summed E-state index contributed by atoms with van der Waals surface area (Å²) in [5.74, 6) is -1.66. The predicted molar refractivity (Wildman–Crippen MR) is 71.5 cm³/mol. The molecule has 0 heterocycles. The molecule has 1 aromatic rings. The van der Waals surface area contributed by atoms with Crippen molar-refractivity contribution in [3.05, 3.63) is 29.6 Å². The van der Waals surface area contributed by atoms with Crippen molar-refractivity contribution in [1.82, 2.24) is 4.72 Å². The maximum absolute atomic E-state index is 13.2. The van der Waals surface area contributed by atoms with E-state index in [1.165, 1.54) is 0 Å². The molecule has 8 heteroatoms. The van der Waals surface area contributed by atoms with Gasteiger partial charge in [0.2, 0.25) is 10.0 Å². The average molecular weight is 307 g/mol. The summed E-state index contributed by atoms with van der Waals surface area (Å²) in [6, 6.07) is 2.69. The van der Waals surface area contributed by atoms with Crippen LogP contribution in [0.3, 0.4) is 0 Å². The minimum atomic E-state index is -3.80. The van der Waals surface area contributed by atoms with E-state index in [1.807, 2.05) is 6.26 Å². The fourth-order valence-electron chi connectivity index (χ4n) is 1.34. The highest BCUT2D eigenvalue weighted by Gasteiger charge is 2.18. The molecule has 0 saturated heterocycles. The van der Waals surface area contributed by atoms with E-state index < -0.39 is 27.4 Å². The van der Waals surface area contributed by atoms with Crippen LogP contribution in [0.5, 0.6) is 0 Å². The van der Waals surface area contributed by atoms with Gasteiger partial charge in [-0.1, -0.05) is 0 Å². The van der Waals surface area contributed by atoms with Gasteiger partial charge in [0.25, 0.3) is 0 Å². The second-order valence-electron chi connectivity index (χ2n) is 3.69. The predicted octanol–water partition coefficient (Wildman–Crippen LogP) is 1.56. The lowest BCUT2D eigenvalue weighted by Gasteiger charge is -2.07. The third-order valence-electron chi connectivity index (χ3n) is 2.30.